The number of amides is 1. The molecular weight excluding hydrogens is 382 g/mol. The summed E-state index contributed by atoms with van der Waals surface area (Å²) < 4.78 is 28.6. The van der Waals surface area contributed by atoms with Crippen LogP contribution in [0.2, 0.25) is 0 Å². The molecule has 0 heterocycles. The average Bonchev–Trinajstić information content (AvgIpc) is 2.94. The van der Waals surface area contributed by atoms with Gasteiger partial charge in [0.25, 0.3) is 5.91 Å². The number of carbonyl (C=O) groups is 1. The summed E-state index contributed by atoms with van der Waals surface area (Å²) in [6, 6.07) is 14.1. The SMILES string of the molecule is CS(=O)(=O)c1ccc(OCC2CC(NC(=O)c3ccccc3)C(O)C2O)cc1. The van der Waals surface area contributed by atoms with Gasteiger partial charge in [0.05, 0.1) is 23.6 Å². The minimum absolute atomic E-state index is 0.133. The zero-order valence-corrected chi connectivity index (χ0v) is 16.2. The van der Waals surface area contributed by atoms with Crippen LogP contribution in [-0.4, -0.2) is 55.7 Å². The summed E-state index contributed by atoms with van der Waals surface area (Å²) in [5.41, 5.74) is 0.481. The van der Waals surface area contributed by atoms with Crippen LogP contribution in [0.25, 0.3) is 0 Å². The Kier molecular flexibility index (Phi) is 6.02. The number of hydrogen-bond acceptors (Lipinski definition) is 6. The molecule has 0 spiro atoms. The maximum atomic E-state index is 12.3. The van der Waals surface area contributed by atoms with Crippen molar-refractivity contribution in [1.82, 2.24) is 5.32 Å². The van der Waals surface area contributed by atoms with E-state index in [-0.39, 0.29) is 23.3 Å². The highest BCUT2D eigenvalue weighted by atomic mass is 32.2. The minimum atomic E-state index is -3.28. The summed E-state index contributed by atoms with van der Waals surface area (Å²) >= 11 is 0. The number of rotatable bonds is 6. The maximum absolute atomic E-state index is 12.3. The molecule has 0 aromatic heterocycles. The molecule has 1 fully saturated rings. The molecule has 8 heteroatoms. The number of sulfone groups is 1. The third kappa shape index (κ3) is 4.70. The van der Waals surface area contributed by atoms with E-state index in [4.69, 9.17) is 4.74 Å². The maximum Gasteiger partial charge on any atom is 0.251 e. The molecule has 1 aliphatic carbocycles. The molecule has 28 heavy (non-hydrogen) atoms. The van der Waals surface area contributed by atoms with Crippen molar-refractivity contribution in [3.63, 3.8) is 0 Å². The first kappa shape index (κ1) is 20.3. The molecular formula is C20H23NO6S. The van der Waals surface area contributed by atoms with E-state index in [1.807, 2.05) is 0 Å². The Morgan fingerprint density at radius 1 is 1.07 bits per heavy atom. The monoisotopic (exact) mass is 405 g/mol. The zero-order chi connectivity index (χ0) is 20.3. The second-order valence-electron chi connectivity index (χ2n) is 6.98. The molecule has 0 saturated heterocycles. The van der Waals surface area contributed by atoms with E-state index >= 15 is 0 Å². The van der Waals surface area contributed by atoms with Crippen molar-refractivity contribution < 1.29 is 28.2 Å². The van der Waals surface area contributed by atoms with Crippen LogP contribution in [0.4, 0.5) is 0 Å². The van der Waals surface area contributed by atoms with Crippen LogP contribution in [-0.2, 0) is 9.84 Å². The summed E-state index contributed by atoms with van der Waals surface area (Å²) in [6.07, 6.45) is -0.629. The molecule has 0 radical (unpaired) electrons. The van der Waals surface area contributed by atoms with Gasteiger partial charge in [-0.2, -0.15) is 0 Å². The molecule has 2 aromatic carbocycles. The Balaban J connectivity index is 1.57. The van der Waals surface area contributed by atoms with Crippen LogP contribution < -0.4 is 10.1 Å². The standard InChI is InChI=1S/C20H23NO6S/c1-28(25,26)16-9-7-15(8-10-16)27-12-14-11-17(19(23)18(14)22)21-20(24)13-5-3-2-4-6-13/h2-10,14,17-19,22-23H,11-12H2,1H3,(H,21,24). The average molecular weight is 405 g/mol. The second-order valence-corrected chi connectivity index (χ2v) is 8.99. The molecule has 4 unspecified atom stereocenters. The number of hydrogen-bond donors (Lipinski definition) is 3. The van der Waals surface area contributed by atoms with Gasteiger partial charge in [0.2, 0.25) is 0 Å². The van der Waals surface area contributed by atoms with Gasteiger partial charge < -0.3 is 20.3 Å². The van der Waals surface area contributed by atoms with Crippen molar-refractivity contribution >= 4 is 15.7 Å². The van der Waals surface area contributed by atoms with Crippen LogP contribution in [0, 0.1) is 5.92 Å². The van der Waals surface area contributed by atoms with E-state index in [2.05, 4.69) is 5.32 Å². The Labute approximate surface area is 163 Å². The first-order chi connectivity index (χ1) is 13.3. The Morgan fingerprint density at radius 2 is 1.71 bits per heavy atom. The van der Waals surface area contributed by atoms with Crippen molar-refractivity contribution in [2.45, 2.75) is 29.6 Å². The normalized spacial score (nSPS) is 24.7. The molecule has 1 saturated carbocycles. The lowest BCUT2D eigenvalue weighted by Gasteiger charge is -2.18. The lowest BCUT2D eigenvalue weighted by molar-refractivity contribution is 0.00252. The summed E-state index contributed by atoms with van der Waals surface area (Å²) in [6.45, 7) is 0.133. The third-order valence-corrected chi connectivity index (χ3v) is 6.00. The highest BCUT2D eigenvalue weighted by Gasteiger charge is 2.42. The molecule has 1 amide bonds. The van der Waals surface area contributed by atoms with Crippen LogP contribution in [0.3, 0.4) is 0 Å². The topological polar surface area (TPSA) is 113 Å². The Hall–Kier alpha value is -2.42. The van der Waals surface area contributed by atoms with Crippen LogP contribution in [0.15, 0.2) is 59.5 Å². The van der Waals surface area contributed by atoms with Crippen molar-refractivity contribution in [3.8, 4) is 5.75 Å². The van der Waals surface area contributed by atoms with Gasteiger partial charge in [-0.1, -0.05) is 18.2 Å². The van der Waals surface area contributed by atoms with Crippen LogP contribution >= 0.6 is 0 Å². The van der Waals surface area contributed by atoms with Crippen molar-refractivity contribution in [2.75, 3.05) is 12.9 Å². The lowest BCUT2D eigenvalue weighted by Crippen LogP contribution is -2.43. The fourth-order valence-electron chi connectivity index (χ4n) is 3.26. The second kappa shape index (κ2) is 8.30. The summed E-state index contributed by atoms with van der Waals surface area (Å²) in [5, 5.41) is 23.3. The molecule has 150 valence electrons. The van der Waals surface area contributed by atoms with Crippen molar-refractivity contribution in [3.05, 3.63) is 60.2 Å². The molecule has 0 aliphatic heterocycles. The molecule has 3 N–H and O–H groups in total. The summed E-state index contributed by atoms with van der Waals surface area (Å²) in [5.74, 6) is -0.216. The van der Waals surface area contributed by atoms with Gasteiger partial charge in [-0.25, -0.2) is 8.42 Å². The van der Waals surface area contributed by atoms with Gasteiger partial charge in [-0.3, -0.25) is 4.79 Å². The predicted molar refractivity (Wildman–Crippen MR) is 103 cm³/mol. The predicted octanol–water partition coefficient (Wildman–Crippen LogP) is 1.01. The molecule has 1 aliphatic rings. The van der Waals surface area contributed by atoms with E-state index in [0.717, 1.165) is 6.26 Å². The van der Waals surface area contributed by atoms with E-state index in [0.29, 0.717) is 17.7 Å². The number of aliphatic hydroxyl groups is 2. The summed E-state index contributed by atoms with van der Waals surface area (Å²) in [7, 11) is -3.28. The van der Waals surface area contributed by atoms with E-state index in [9.17, 15) is 23.4 Å². The largest absolute Gasteiger partial charge is 0.493 e. The van der Waals surface area contributed by atoms with Gasteiger partial charge in [-0.05, 0) is 42.8 Å². The van der Waals surface area contributed by atoms with Gasteiger partial charge in [0, 0.05) is 17.7 Å². The van der Waals surface area contributed by atoms with E-state index < -0.39 is 28.1 Å². The van der Waals surface area contributed by atoms with Gasteiger partial charge >= 0.3 is 0 Å². The minimum Gasteiger partial charge on any atom is -0.493 e. The molecule has 4 atom stereocenters. The molecule has 0 bridgehead atoms. The van der Waals surface area contributed by atoms with Crippen molar-refractivity contribution in [1.29, 1.82) is 0 Å². The smallest absolute Gasteiger partial charge is 0.251 e. The first-order valence-corrected chi connectivity index (χ1v) is 10.8. The Morgan fingerprint density at radius 3 is 2.32 bits per heavy atom. The van der Waals surface area contributed by atoms with Crippen LogP contribution in [0.5, 0.6) is 5.75 Å². The fourth-order valence-corrected chi connectivity index (χ4v) is 3.89. The van der Waals surface area contributed by atoms with Crippen molar-refractivity contribution in [2.24, 2.45) is 5.92 Å². The van der Waals surface area contributed by atoms with Gasteiger partial charge in [0.15, 0.2) is 9.84 Å². The van der Waals surface area contributed by atoms with E-state index in [1.165, 1.54) is 12.1 Å². The van der Waals surface area contributed by atoms with Gasteiger partial charge in [-0.15, -0.1) is 0 Å². The first-order valence-electron chi connectivity index (χ1n) is 8.90. The number of benzene rings is 2. The van der Waals surface area contributed by atoms with Crippen LogP contribution in [0.1, 0.15) is 16.8 Å². The molecule has 3 rings (SSSR count). The third-order valence-electron chi connectivity index (χ3n) is 4.87. The molecule has 7 nitrogen and oxygen atoms in total. The quantitative estimate of drug-likeness (QED) is 0.661. The fraction of sp³-hybridized carbons (Fsp3) is 0.350. The number of nitrogens with one attached hydrogen (secondary N) is 1. The van der Waals surface area contributed by atoms with Gasteiger partial charge in [0.1, 0.15) is 11.9 Å². The number of aliphatic hydroxyl groups excluding tert-OH is 2. The highest BCUT2D eigenvalue weighted by molar-refractivity contribution is 7.90. The molecule has 2 aromatic rings. The number of carbonyl (C=O) groups excluding carboxylic acids is 1. The Bertz CT molecular complexity index is 913. The highest BCUT2D eigenvalue weighted by Crippen LogP contribution is 2.28. The summed E-state index contributed by atoms with van der Waals surface area (Å²) in [4.78, 5) is 12.5. The number of ether oxygens (including phenoxy) is 1. The van der Waals surface area contributed by atoms with E-state index in [1.54, 1.807) is 42.5 Å². The lowest BCUT2D eigenvalue weighted by atomic mass is 10.1. The zero-order valence-electron chi connectivity index (χ0n) is 15.4.